The molecule has 6 heteroatoms. The van der Waals surface area contributed by atoms with Crippen molar-refractivity contribution in [3.63, 3.8) is 0 Å². The van der Waals surface area contributed by atoms with Gasteiger partial charge in [0.15, 0.2) is 11.5 Å². The van der Waals surface area contributed by atoms with E-state index in [-0.39, 0.29) is 11.5 Å². The molecule has 0 radical (unpaired) electrons. The summed E-state index contributed by atoms with van der Waals surface area (Å²) >= 11 is 0. The number of hydrogen-bond donors (Lipinski definition) is 1. The van der Waals surface area contributed by atoms with Crippen LogP contribution in [0.5, 0.6) is 11.5 Å². The molecule has 0 aromatic heterocycles. The maximum Gasteiger partial charge on any atom is 0.161 e. The van der Waals surface area contributed by atoms with Gasteiger partial charge < -0.3 is 15.2 Å². The Bertz CT molecular complexity index is 514. The van der Waals surface area contributed by atoms with Crippen LogP contribution in [0.1, 0.15) is 18.9 Å². The summed E-state index contributed by atoms with van der Waals surface area (Å²) in [5.74, 6) is 1.60. The molecule has 5 nitrogen and oxygen atoms in total. The third-order valence-corrected chi connectivity index (χ3v) is 4.75. The predicted molar refractivity (Wildman–Crippen MR) is 80.2 cm³/mol. The molecule has 1 aromatic rings. The van der Waals surface area contributed by atoms with E-state index in [4.69, 9.17) is 15.2 Å². The minimum atomic E-state index is -2.93. The average molecular weight is 301 g/mol. The van der Waals surface area contributed by atoms with Gasteiger partial charge in [-0.05, 0) is 37.1 Å². The summed E-state index contributed by atoms with van der Waals surface area (Å²) in [4.78, 5) is 0. The molecule has 0 saturated carbocycles. The highest BCUT2D eigenvalue weighted by atomic mass is 32.2. The Kier molecular flexibility index (Phi) is 6.81. The molecule has 1 rings (SSSR count). The van der Waals surface area contributed by atoms with Crippen molar-refractivity contribution < 1.29 is 17.9 Å². The predicted octanol–water partition coefficient (Wildman–Crippen LogP) is 1.40. The summed E-state index contributed by atoms with van der Waals surface area (Å²) in [5.41, 5.74) is 6.60. The van der Waals surface area contributed by atoms with Crippen molar-refractivity contribution in [2.75, 3.05) is 31.8 Å². The summed E-state index contributed by atoms with van der Waals surface area (Å²) in [5, 5.41) is 0. The van der Waals surface area contributed by atoms with E-state index >= 15 is 0 Å². The van der Waals surface area contributed by atoms with Crippen LogP contribution in [-0.2, 0) is 16.3 Å². The first-order valence-corrected chi connectivity index (χ1v) is 8.54. The molecule has 0 unspecified atom stereocenters. The van der Waals surface area contributed by atoms with E-state index in [1.165, 1.54) is 0 Å². The normalized spacial score (nSPS) is 11.3. The smallest absolute Gasteiger partial charge is 0.161 e. The fourth-order valence-corrected chi connectivity index (χ4v) is 2.61. The van der Waals surface area contributed by atoms with Crippen molar-refractivity contribution >= 4 is 9.84 Å². The number of nitrogens with two attached hydrogens (primary N) is 1. The van der Waals surface area contributed by atoms with E-state index in [0.29, 0.717) is 31.1 Å². The molecular weight excluding hydrogens is 278 g/mol. The molecule has 0 aliphatic heterocycles. The summed E-state index contributed by atoms with van der Waals surface area (Å²) in [7, 11) is -1.35. The maximum absolute atomic E-state index is 11.4. The second kappa shape index (κ2) is 8.11. The van der Waals surface area contributed by atoms with Crippen LogP contribution >= 0.6 is 0 Å². The quantitative estimate of drug-likeness (QED) is 0.698. The zero-order valence-electron chi connectivity index (χ0n) is 12.1. The van der Waals surface area contributed by atoms with Gasteiger partial charge in [-0.25, -0.2) is 8.42 Å². The van der Waals surface area contributed by atoms with E-state index in [2.05, 4.69) is 0 Å². The summed E-state index contributed by atoms with van der Waals surface area (Å²) in [6, 6.07) is 5.66. The molecule has 0 amide bonds. The van der Waals surface area contributed by atoms with Gasteiger partial charge in [0.1, 0.15) is 9.84 Å². The van der Waals surface area contributed by atoms with E-state index in [1.54, 1.807) is 14.0 Å². The molecule has 0 heterocycles. The van der Waals surface area contributed by atoms with Crippen LogP contribution in [-0.4, -0.2) is 40.2 Å². The number of benzene rings is 1. The Morgan fingerprint density at radius 1 is 1.25 bits per heavy atom. The zero-order chi connectivity index (χ0) is 15.0. The molecule has 0 atom stereocenters. The fraction of sp³-hybridized carbons (Fsp3) is 0.571. The molecule has 0 aliphatic carbocycles. The molecule has 1 aromatic carbocycles. The van der Waals surface area contributed by atoms with Gasteiger partial charge in [0.2, 0.25) is 0 Å². The number of methoxy groups -OCH3 is 1. The van der Waals surface area contributed by atoms with Gasteiger partial charge in [-0.1, -0.05) is 13.0 Å². The van der Waals surface area contributed by atoms with Gasteiger partial charge in [0.25, 0.3) is 0 Å². The molecule has 0 bridgehead atoms. The highest BCUT2D eigenvalue weighted by Crippen LogP contribution is 2.28. The summed E-state index contributed by atoms with van der Waals surface area (Å²) in [6.45, 7) is 2.58. The van der Waals surface area contributed by atoms with Crippen molar-refractivity contribution in [3.05, 3.63) is 23.8 Å². The summed E-state index contributed by atoms with van der Waals surface area (Å²) in [6.07, 6.45) is 1.26. The zero-order valence-corrected chi connectivity index (χ0v) is 12.9. The molecule has 114 valence electrons. The van der Waals surface area contributed by atoms with E-state index in [9.17, 15) is 8.42 Å². The molecule has 2 N–H and O–H groups in total. The largest absolute Gasteiger partial charge is 0.493 e. The van der Waals surface area contributed by atoms with Gasteiger partial charge in [0.05, 0.1) is 19.5 Å². The Balaban J connectivity index is 2.55. The van der Waals surface area contributed by atoms with Crippen LogP contribution < -0.4 is 15.2 Å². The Labute approximate surface area is 121 Å². The Morgan fingerprint density at radius 2 is 2.00 bits per heavy atom. The van der Waals surface area contributed by atoms with Gasteiger partial charge >= 0.3 is 0 Å². The lowest BCUT2D eigenvalue weighted by atomic mass is 10.1. The van der Waals surface area contributed by atoms with Crippen molar-refractivity contribution in [3.8, 4) is 11.5 Å². The van der Waals surface area contributed by atoms with Gasteiger partial charge in [-0.15, -0.1) is 0 Å². The van der Waals surface area contributed by atoms with Crippen molar-refractivity contribution in [1.29, 1.82) is 0 Å². The van der Waals surface area contributed by atoms with Gasteiger partial charge in [-0.3, -0.25) is 0 Å². The highest BCUT2D eigenvalue weighted by molar-refractivity contribution is 7.91. The van der Waals surface area contributed by atoms with E-state index in [0.717, 1.165) is 12.0 Å². The molecule has 0 saturated heterocycles. The van der Waals surface area contributed by atoms with Crippen molar-refractivity contribution in [1.82, 2.24) is 0 Å². The second-order valence-corrected chi connectivity index (χ2v) is 6.94. The first-order valence-electron chi connectivity index (χ1n) is 6.72. The fourth-order valence-electron chi connectivity index (χ4n) is 1.76. The third-order valence-electron chi connectivity index (χ3n) is 2.96. The van der Waals surface area contributed by atoms with E-state index < -0.39 is 9.84 Å². The van der Waals surface area contributed by atoms with Gasteiger partial charge in [0, 0.05) is 5.75 Å². The standard InChI is InChI=1S/C14H23NO4S/c1-3-20(16,17)10-4-9-19-13-6-5-12(7-8-15)11-14(13)18-2/h5-6,11H,3-4,7-10,15H2,1-2H3. The number of rotatable bonds is 9. The molecule has 20 heavy (non-hydrogen) atoms. The monoisotopic (exact) mass is 301 g/mol. The lowest BCUT2D eigenvalue weighted by molar-refractivity contribution is 0.294. The SMILES string of the molecule is CCS(=O)(=O)CCCOc1ccc(CCN)cc1OC. The first kappa shape index (κ1) is 16.8. The Hall–Kier alpha value is -1.27. The van der Waals surface area contributed by atoms with Crippen LogP contribution in [0.3, 0.4) is 0 Å². The third kappa shape index (κ3) is 5.38. The number of ether oxygens (including phenoxy) is 2. The van der Waals surface area contributed by atoms with Gasteiger partial charge in [-0.2, -0.15) is 0 Å². The molecule has 0 spiro atoms. The first-order chi connectivity index (χ1) is 9.52. The lowest BCUT2D eigenvalue weighted by Crippen LogP contribution is -2.12. The van der Waals surface area contributed by atoms with Crippen LogP contribution in [0.15, 0.2) is 18.2 Å². The van der Waals surface area contributed by atoms with Crippen LogP contribution in [0, 0.1) is 0 Å². The number of sulfone groups is 1. The maximum atomic E-state index is 11.4. The molecular formula is C14H23NO4S. The number of hydrogen-bond acceptors (Lipinski definition) is 5. The van der Waals surface area contributed by atoms with E-state index in [1.807, 2.05) is 18.2 Å². The van der Waals surface area contributed by atoms with Crippen molar-refractivity contribution in [2.45, 2.75) is 19.8 Å². The molecule has 0 aliphatic rings. The lowest BCUT2D eigenvalue weighted by Gasteiger charge is -2.12. The highest BCUT2D eigenvalue weighted by Gasteiger charge is 2.09. The minimum absolute atomic E-state index is 0.150. The second-order valence-electron chi connectivity index (χ2n) is 4.46. The molecule has 0 fully saturated rings. The van der Waals surface area contributed by atoms with Crippen molar-refractivity contribution in [2.24, 2.45) is 5.73 Å². The van der Waals surface area contributed by atoms with Crippen LogP contribution in [0.25, 0.3) is 0 Å². The average Bonchev–Trinajstić information content (AvgIpc) is 2.45. The topological polar surface area (TPSA) is 78.6 Å². The summed E-state index contributed by atoms with van der Waals surface area (Å²) < 4.78 is 33.6. The minimum Gasteiger partial charge on any atom is -0.493 e. The Morgan fingerprint density at radius 3 is 2.60 bits per heavy atom. The van der Waals surface area contributed by atoms with Crippen LogP contribution in [0.4, 0.5) is 0 Å². The van der Waals surface area contributed by atoms with Crippen LogP contribution in [0.2, 0.25) is 0 Å².